The summed E-state index contributed by atoms with van der Waals surface area (Å²) in [5.41, 5.74) is 3.31. The summed E-state index contributed by atoms with van der Waals surface area (Å²) in [6, 6.07) is 9.99. The van der Waals surface area contributed by atoms with E-state index in [1.54, 1.807) is 14.2 Å². The van der Waals surface area contributed by atoms with E-state index < -0.39 is 0 Å². The highest BCUT2D eigenvalue weighted by Gasteiger charge is 2.15. The molecule has 0 saturated carbocycles. The summed E-state index contributed by atoms with van der Waals surface area (Å²) in [5.74, 6) is 1.61. The molecule has 1 aromatic heterocycles. The molecular formula is C16H18BrNO2. The van der Waals surface area contributed by atoms with Gasteiger partial charge < -0.3 is 9.47 Å². The molecule has 4 heteroatoms. The van der Waals surface area contributed by atoms with E-state index in [4.69, 9.17) is 9.47 Å². The van der Waals surface area contributed by atoms with Crippen LogP contribution in [0.25, 0.3) is 0 Å². The first-order chi connectivity index (χ1) is 9.63. The topological polar surface area (TPSA) is 31.4 Å². The molecule has 0 radical (unpaired) electrons. The minimum absolute atomic E-state index is 0.151. The predicted octanol–water partition coefficient (Wildman–Crippen LogP) is 4.09. The van der Waals surface area contributed by atoms with Gasteiger partial charge >= 0.3 is 0 Å². The maximum absolute atomic E-state index is 5.44. The van der Waals surface area contributed by atoms with E-state index in [0.717, 1.165) is 29.2 Å². The number of alkyl halides is 1. The van der Waals surface area contributed by atoms with Crippen molar-refractivity contribution < 1.29 is 9.47 Å². The van der Waals surface area contributed by atoms with Crippen LogP contribution in [-0.2, 0) is 6.42 Å². The van der Waals surface area contributed by atoms with Crippen molar-refractivity contribution in [3.63, 3.8) is 0 Å². The molecule has 3 nitrogen and oxygen atoms in total. The Hall–Kier alpha value is -1.55. The molecule has 20 heavy (non-hydrogen) atoms. The van der Waals surface area contributed by atoms with Crippen LogP contribution in [0, 0.1) is 6.92 Å². The second-order valence-electron chi connectivity index (χ2n) is 4.61. The molecule has 1 atom stereocenters. The molecule has 0 saturated heterocycles. The van der Waals surface area contributed by atoms with E-state index in [9.17, 15) is 0 Å². The van der Waals surface area contributed by atoms with E-state index in [0.29, 0.717) is 0 Å². The van der Waals surface area contributed by atoms with Gasteiger partial charge in [0.2, 0.25) is 0 Å². The van der Waals surface area contributed by atoms with E-state index in [2.05, 4.69) is 33.0 Å². The van der Waals surface area contributed by atoms with Gasteiger partial charge in [-0.1, -0.05) is 28.1 Å². The van der Waals surface area contributed by atoms with Gasteiger partial charge in [0.15, 0.2) is 0 Å². The molecule has 0 aliphatic carbocycles. The Kier molecular flexibility index (Phi) is 5.01. The summed E-state index contributed by atoms with van der Waals surface area (Å²) in [7, 11) is 3.32. The molecular weight excluding hydrogens is 318 g/mol. The van der Waals surface area contributed by atoms with Gasteiger partial charge in [-0.25, -0.2) is 0 Å². The number of ether oxygens (including phenoxy) is 2. The van der Waals surface area contributed by atoms with Gasteiger partial charge in [0.25, 0.3) is 0 Å². The Morgan fingerprint density at radius 2 is 1.95 bits per heavy atom. The monoisotopic (exact) mass is 335 g/mol. The quantitative estimate of drug-likeness (QED) is 0.771. The number of hydrogen-bond donors (Lipinski definition) is 0. The third-order valence-corrected chi connectivity index (χ3v) is 3.96. The van der Waals surface area contributed by atoms with Gasteiger partial charge in [-0.15, -0.1) is 0 Å². The Morgan fingerprint density at radius 1 is 1.15 bits per heavy atom. The zero-order valence-electron chi connectivity index (χ0n) is 11.9. The molecule has 0 bridgehead atoms. The number of nitrogens with zero attached hydrogens (tertiary/aromatic N) is 1. The van der Waals surface area contributed by atoms with Gasteiger partial charge in [-0.05, 0) is 24.6 Å². The third kappa shape index (κ3) is 3.51. The zero-order valence-corrected chi connectivity index (χ0v) is 13.5. The lowest BCUT2D eigenvalue weighted by Gasteiger charge is -2.15. The summed E-state index contributed by atoms with van der Waals surface area (Å²) < 4.78 is 10.7. The zero-order chi connectivity index (χ0) is 14.5. The Morgan fingerprint density at radius 3 is 2.55 bits per heavy atom. The van der Waals surface area contributed by atoms with Crippen LogP contribution in [0.1, 0.15) is 21.6 Å². The third-order valence-electron chi connectivity index (χ3n) is 3.14. The fourth-order valence-corrected chi connectivity index (χ4v) is 2.70. The molecule has 1 heterocycles. The van der Waals surface area contributed by atoms with Crippen molar-refractivity contribution in [1.82, 2.24) is 4.98 Å². The molecule has 0 fully saturated rings. The highest BCUT2D eigenvalue weighted by Crippen LogP contribution is 2.35. The lowest BCUT2D eigenvalue weighted by atomic mass is 10.1. The molecule has 1 aromatic carbocycles. The van der Waals surface area contributed by atoms with Crippen LogP contribution in [0.5, 0.6) is 11.5 Å². The SMILES string of the molecule is COc1ccc(C(Br)Cc2ccc(C)cn2)c(OC)c1. The smallest absolute Gasteiger partial charge is 0.126 e. The van der Waals surface area contributed by atoms with Crippen LogP contribution in [0.15, 0.2) is 36.5 Å². The Balaban J connectivity index is 2.20. The first-order valence-electron chi connectivity index (χ1n) is 6.41. The lowest BCUT2D eigenvalue weighted by Crippen LogP contribution is -2.01. The van der Waals surface area contributed by atoms with Crippen LogP contribution in [0.4, 0.5) is 0 Å². The van der Waals surface area contributed by atoms with Gasteiger partial charge in [-0.3, -0.25) is 4.98 Å². The minimum Gasteiger partial charge on any atom is -0.497 e. The first kappa shape index (κ1) is 14.9. The summed E-state index contributed by atoms with van der Waals surface area (Å²) in [5, 5.41) is 0. The van der Waals surface area contributed by atoms with E-state index in [1.165, 1.54) is 5.56 Å². The molecule has 106 valence electrons. The van der Waals surface area contributed by atoms with Crippen molar-refractivity contribution in [2.24, 2.45) is 0 Å². The van der Waals surface area contributed by atoms with Gasteiger partial charge in [0, 0.05) is 34.8 Å². The Bertz CT molecular complexity index is 569. The van der Waals surface area contributed by atoms with Crippen molar-refractivity contribution in [3.05, 3.63) is 53.3 Å². The number of rotatable bonds is 5. The van der Waals surface area contributed by atoms with Crippen LogP contribution in [0.3, 0.4) is 0 Å². The maximum atomic E-state index is 5.44. The average molecular weight is 336 g/mol. The second-order valence-corrected chi connectivity index (χ2v) is 5.71. The fourth-order valence-electron chi connectivity index (χ4n) is 1.99. The first-order valence-corrected chi connectivity index (χ1v) is 7.33. The molecule has 0 aliphatic heterocycles. The number of benzene rings is 1. The molecule has 1 unspecified atom stereocenters. The van der Waals surface area contributed by atoms with Gasteiger partial charge in [0.05, 0.1) is 14.2 Å². The second kappa shape index (κ2) is 6.75. The number of halogens is 1. The van der Waals surface area contributed by atoms with Crippen LogP contribution >= 0.6 is 15.9 Å². The molecule has 0 aliphatic rings. The van der Waals surface area contributed by atoms with Gasteiger partial charge in [-0.2, -0.15) is 0 Å². The fraction of sp³-hybridized carbons (Fsp3) is 0.312. The standard InChI is InChI=1S/C16H18BrNO2/c1-11-4-5-12(18-10-11)8-15(17)14-7-6-13(19-2)9-16(14)20-3/h4-7,9-10,15H,8H2,1-3H3. The van der Waals surface area contributed by atoms with E-state index in [1.807, 2.05) is 31.3 Å². The summed E-state index contributed by atoms with van der Waals surface area (Å²) in [4.78, 5) is 4.59. The van der Waals surface area contributed by atoms with Crippen LogP contribution < -0.4 is 9.47 Å². The lowest BCUT2D eigenvalue weighted by molar-refractivity contribution is 0.391. The average Bonchev–Trinajstić information content (AvgIpc) is 2.48. The normalized spacial score (nSPS) is 12.0. The maximum Gasteiger partial charge on any atom is 0.126 e. The van der Waals surface area contributed by atoms with E-state index in [-0.39, 0.29) is 4.83 Å². The van der Waals surface area contributed by atoms with Crippen molar-refractivity contribution in [3.8, 4) is 11.5 Å². The van der Waals surface area contributed by atoms with Crippen molar-refractivity contribution >= 4 is 15.9 Å². The van der Waals surface area contributed by atoms with Crippen molar-refractivity contribution in [1.29, 1.82) is 0 Å². The molecule has 0 N–H and O–H groups in total. The van der Waals surface area contributed by atoms with Crippen LogP contribution in [0.2, 0.25) is 0 Å². The largest absolute Gasteiger partial charge is 0.497 e. The summed E-state index contributed by atoms with van der Waals surface area (Å²) >= 11 is 3.72. The van der Waals surface area contributed by atoms with Gasteiger partial charge in [0.1, 0.15) is 11.5 Å². The molecule has 0 spiro atoms. The Labute approximate surface area is 128 Å². The van der Waals surface area contributed by atoms with Crippen molar-refractivity contribution in [2.45, 2.75) is 18.2 Å². The number of methoxy groups -OCH3 is 2. The molecule has 2 aromatic rings. The molecule has 0 amide bonds. The minimum atomic E-state index is 0.151. The number of pyridine rings is 1. The predicted molar refractivity (Wildman–Crippen MR) is 83.9 cm³/mol. The van der Waals surface area contributed by atoms with Crippen LogP contribution in [-0.4, -0.2) is 19.2 Å². The number of hydrogen-bond acceptors (Lipinski definition) is 3. The summed E-state index contributed by atoms with van der Waals surface area (Å²) in [6.07, 6.45) is 2.70. The number of aromatic nitrogens is 1. The highest BCUT2D eigenvalue weighted by molar-refractivity contribution is 9.09. The van der Waals surface area contributed by atoms with E-state index >= 15 is 0 Å². The summed E-state index contributed by atoms with van der Waals surface area (Å²) in [6.45, 7) is 2.04. The van der Waals surface area contributed by atoms with Crippen molar-refractivity contribution in [2.75, 3.05) is 14.2 Å². The highest BCUT2D eigenvalue weighted by atomic mass is 79.9. The molecule has 2 rings (SSSR count). The number of aryl methyl sites for hydroxylation is 1.